The van der Waals surface area contributed by atoms with Crippen LogP contribution < -0.4 is 10.6 Å². The van der Waals surface area contributed by atoms with Gasteiger partial charge in [0.05, 0.1) is 18.8 Å². The van der Waals surface area contributed by atoms with Crippen molar-refractivity contribution in [2.45, 2.75) is 18.2 Å². The van der Waals surface area contributed by atoms with Gasteiger partial charge in [-0.25, -0.2) is 0 Å². The van der Waals surface area contributed by atoms with Gasteiger partial charge in [0.15, 0.2) is 0 Å². The van der Waals surface area contributed by atoms with Crippen LogP contribution in [0.2, 0.25) is 0 Å². The molecule has 1 saturated heterocycles. The fraction of sp³-hybridized carbons (Fsp3) is 0.360. The first kappa shape index (κ1) is 24.0. The van der Waals surface area contributed by atoms with Gasteiger partial charge in [0, 0.05) is 42.5 Å². The number of anilines is 2. The summed E-state index contributed by atoms with van der Waals surface area (Å²) >= 11 is 1.65. The van der Waals surface area contributed by atoms with E-state index >= 15 is 0 Å². The van der Waals surface area contributed by atoms with Crippen LogP contribution in [0.1, 0.15) is 12.5 Å². The van der Waals surface area contributed by atoms with Crippen molar-refractivity contribution in [3.05, 3.63) is 66.7 Å². The number of carbonyl (C=O) groups excluding carboxylic acids is 2. The lowest BCUT2D eigenvalue weighted by Gasteiger charge is -2.33. The third-order valence-corrected chi connectivity index (χ3v) is 6.46. The fourth-order valence-electron chi connectivity index (χ4n) is 3.69. The minimum Gasteiger partial charge on any atom is -0.325 e. The number of para-hydroxylation sites is 2. The van der Waals surface area contributed by atoms with Crippen molar-refractivity contribution in [3.63, 3.8) is 0 Å². The first-order valence-corrected chi connectivity index (χ1v) is 12.0. The SMILES string of the molecule is C=CCSc1ccccc1NC(=O)CN1CCN(CC(=O)Nc2ccccc2CC)CC1. The van der Waals surface area contributed by atoms with Gasteiger partial charge < -0.3 is 10.6 Å². The molecule has 0 spiro atoms. The average Bonchev–Trinajstić information content (AvgIpc) is 2.80. The van der Waals surface area contributed by atoms with E-state index in [2.05, 4.69) is 33.9 Å². The molecule has 0 atom stereocenters. The van der Waals surface area contributed by atoms with E-state index in [0.717, 1.165) is 60.2 Å². The summed E-state index contributed by atoms with van der Waals surface area (Å²) in [6, 6.07) is 15.7. The largest absolute Gasteiger partial charge is 0.325 e. The Balaban J connectivity index is 1.42. The number of hydrogen-bond acceptors (Lipinski definition) is 5. The fourth-order valence-corrected chi connectivity index (χ4v) is 4.43. The number of nitrogens with zero attached hydrogens (tertiary/aromatic N) is 2. The third-order valence-electron chi connectivity index (χ3n) is 5.39. The van der Waals surface area contributed by atoms with Crippen LogP contribution in [0.25, 0.3) is 0 Å². The Morgan fingerprint density at radius 1 is 0.906 bits per heavy atom. The zero-order valence-electron chi connectivity index (χ0n) is 18.7. The molecule has 1 aliphatic heterocycles. The quantitative estimate of drug-likeness (QED) is 0.425. The number of hydrogen-bond donors (Lipinski definition) is 2. The highest BCUT2D eigenvalue weighted by Crippen LogP contribution is 2.26. The number of piperazine rings is 1. The highest BCUT2D eigenvalue weighted by molar-refractivity contribution is 7.99. The van der Waals surface area contributed by atoms with Crippen LogP contribution in [0, 0.1) is 0 Å². The van der Waals surface area contributed by atoms with Crippen molar-refractivity contribution in [2.24, 2.45) is 0 Å². The van der Waals surface area contributed by atoms with E-state index < -0.39 is 0 Å². The van der Waals surface area contributed by atoms with Gasteiger partial charge in [-0.3, -0.25) is 19.4 Å². The van der Waals surface area contributed by atoms with Gasteiger partial charge >= 0.3 is 0 Å². The maximum atomic E-state index is 12.6. The van der Waals surface area contributed by atoms with Crippen LogP contribution in [-0.4, -0.2) is 66.6 Å². The molecule has 6 nitrogen and oxygen atoms in total. The van der Waals surface area contributed by atoms with Crippen LogP contribution in [0.15, 0.2) is 66.1 Å². The van der Waals surface area contributed by atoms with E-state index in [0.29, 0.717) is 13.1 Å². The van der Waals surface area contributed by atoms with Gasteiger partial charge in [0.2, 0.25) is 11.8 Å². The lowest BCUT2D eigenvalue weighted by atomic mass is 10.1. The average molecular weight is 453 g/mol. The van der Waals surface area contributed by atoms with E-state index in [1.807, 2.05) is 54.6 Å². The van der Waals surface area contributed by atoms with Gasteiger partial charge in [0.1, 0.15) is 0 Å². The Morgan fingerprint density at radius 2 is 1.44 bits per heavy atom. The van der Waals surface area contributed by atoms with E-state index in [1.165, 1.54) is 0 Å². The van der Waals surface area contributed by atoms with Crippen LogP contribution >= 0.6 is 11.8 Å². The standard InChI is InChI=1S/C25H32N4O2S/c1-3-17-32-23-12-8-7-11-22(23)27-25(31)19-29-15-13-28(14-16-29)18-24(30)26-21-10-6-5-9-20(21)4-2/h3,5-12H,1,4,13-19H2,2H3,(H,26,30)(H,27,31). The lowest BCUT2D eigenvalue weighted by Crippen LogP contribution is -2.50. The molecular weight excluding hydrogens is 420 g/mol. The Labute approximate surface area is 195 Å². The molecule has 2 amide bonds. The van der Waals surface area contributed by atoms with Gasteiger partial charge in [-0.15, -0.1) is 18.3 Å². The summed E-state index contributed by atoms with van der Waals surface area (Å²) in [6.07, 6.45) is 2.74. The Hall–Kier alpha value is -2.61. The molecule has 1 fully saturated rings. The van der Waals surface area contributed by atoms with Crippen molar-refractivity contribution < 1.29 is 9.59 Å². The first-order chi connectivity index (χ1) is 15.6. The molecule has 0 unspecified atom stereocenters. The topological polar surface area (TPSA) is 64.7 Å². The summed E-state index contributed by atoms with van der Waals surface area (Å²) in [5.74, 6) is 0.789. The molecule has 1 heterocycles. The van der Waals surface area contributed by atoms with Crippen molar-refractivity contribution in [3.8, 4) is 0 Å². The molecule has 0 radical (unpaired) electrons. The van der Waals surface area contributed by atoms with Crippen molar-refractivity contribution in [1.82, 2.24) is 9.80 Å². The molecule has 0 aromatic heterocycles. The monoisotopic (exact) mass is 452 g/mol. The number of aryl methyl sites for hydroxylation is 1. The molecule has 2 aromatic carbocycles. The predicted molar refractivity (Wildman–Crippen MR) is 133 cm³/mol. The smallest absolute Gasteiger partial charge is 0.238 e. The van der Waals surface area contributed by atoms with Crippen molar-refractivity contribution in [2.75, 3.05) is 55.7 Å². The van der Waals surface area contributed by atoms with Crippen LogP contribution in [0.4, 0.5) is 11.4 Å². The van der Waals surface area contributed by atoms with Gasteiger partial charge in [-0.1, -0.05) is 43.3 Å². The van der Waals surface area contributed by atoms with E-state index in [9.17, 15) is 9.59 Å². The number of carbonyl (C=O) groups is 2. The van der Waals surface area contributed by atoms with E-state index in [-0.39, 0.29) is 11.8 Å². The Kier molecular flexibility index (Phi) is 9.34. The maximum Gasteiger partial charge on any atom is 0.238 e. The van der Waals surface area contributed by atoms with Gasteiger partial charge in [-0.2, -0.15) is 0 Å². The van der Waals surface area contributed by atoms with Crippen LogP contribution in [0.5, 0.6) is 0 Å². The molecule has 0 saturated carbocycles. The number of rotatable bonds is 10. The van der Waals surface area contributed by atoms with Gasteiger partial charge in [-0.05, 0) is 30.2 Å². The molecular formula is C25H32N4O2S. The minimum absolute atomic E-state index is 0.00530. The zero-order valence-corrected chi connectivity index (χ0v) is 19.5. The highest BCUT2D eigenvalue weighted by atomic mass is 32.2. The molecule has 170 valence electrons. The Bertz CT molecular complexity index is 926. The molecule has 2 N–H and O–H groups in total. The molecule has 3 rings (SSSR count). The predicted octanol–water partition coefficient (Wildman–Crippen LogP) is 3.72. The molecule has 0 aliphatic carbocycles. The lowest BCUT2D eigenvalue weighted by molar-refractivity contribution is -0.120. The normalized spacial score (nSPS) is 14.7. The Morgan fingerprint density at radius 3 is 2.03 bits per heavy atom. The third kappa shape index (κ3) is 7.22. The van der Waals surface area contributed by atoms with E-state index in [1.54, 1.807) is 11.8 Å². The molecule has 0 bridgehead atoms. The highest BCUT2D eigenvalue weighted by Gasteiger charge is 2.21. The molecule has 7 heteroatoms. The molecule has 2 aromatic rings. The van der Waals surface area contributed by atoms with Crippen LogP contribution in [0.3, 0.4) is 0 Å². The minimum atomic E-state index is -0.0148. The first-order valence-electron chi connectivity index (χ1n) is 11.0. The summed E-state index contributed by atoms with van der Waals surface area (Å²) in [7, 11) is 0. The number of amides is 2. The second-order valence-electron chi connectivity index (χ2n) is 7.76. The number of benzene rings is 2. The van der Waals surface area contributed by atoms with Crippen molar-refractivity contribution in [1.29, 1.82) is 0 Å². The molecule has 1 aliphatic rings. The number of nitrogens with one attached hydrogen (secondary N) is 2. The zero-order chi connectivity index (χ0) is 22.8. The maximum absolute atomic E-state index is 12.6. The summed E-state index contributed by atoms with van der Waals surface area (Å²) in [6.45, 7) is 9.61. The van der Waals surface area contributed by atoms with Crippen LogP contribution in [-0.2, 0) is 16.0 Å². The summed E-state index contributed by atoms with van der Waals surface area (Å²) < 4.78 is 0. The summed E-state index contributed by atoms with van der Waals surface area (Å²) in [4.78, 5) is 30.4. The number of thioether (sulfide) groups is 1. The second kappa shape index (κ2) is 12.4. The molecule has 32 heavy (non-hydrogen) atoms. The second-order valence-corrected chi connectivity index (χ2v) is 8.82. The van der Waals surface area contributed by atoms with Gasteiger partial charge in [0.25, 0.3) is 0 Å². The van der Waals surface area contributed by atoms with E-state index in [4.69, 9.17) is 0 Å². The summed E-state index contributed by atoms with van der Waals surface area (Å²) in [5, 5.41) is 6.07. The van der Waals surface area contributed by atoms with Crippen molar-refractivity contribution >= 4 is 35.0 Å². The summed E-state index contributed by atoms with van der Waals surface area (Å²) in [5.41, 5.74) is 2.87.